The first-order valence-corrected chi connectivity index (χ1v) is 6.40. The molecule has 0 radical (unpaired) electrons. The molecule has 1 aromatic carbocycles. The Hall–Kier alpha value is -0.420. The SMILES string of the molecule is Cc1ccc(Br)c(CCS(=O)(=O)F)c1. The topological polar surface area (TPSA) is 34.1 Å². The Morgan fingerprint density at radius 3 is 2.64 bits per heavy atom. The Balaban J connectivity index is 2.81. The van der Waals surface area contributed by atoms with Gasteiger partial charge in [0.15, 0.2) is 0 Å². The van der Waals surface area contributed by atoms with E-state index >= 15 is 0 Å². The van der Waals surface area contributed by atoms with Gasteiger partial charge >= 0.3 is 10.2 Å². The van der Waals surface area contributed by atoms with Crippen molar-refractivity contribution >= 4 is 26.2 Å². The number of rotatable bonds is 3. The summed E-state index contributed by atoms with van der Waals surface area (Å²) in [4.78, 5) is 0. The summed E-state index contributed by atoms with van der Waals surface area (Å²) >= 11 is 3.28. The molecular formula is C9H10BrFO2S. The maximum Gasteiger partial charge on any atom is 0.302 e. The van der Waals surface area contributed by atoms with Gasteiger partial charge in [-0.1, -0.05) is 33.6 Å². The van der Waals surface area contributed by atoms with Crippen LogP contribution in [0.2, 0.25) is 0 Å². The number of hydrogen-bond acceptors (Lipinski definition) is 2. The average Bonchev–Trinajstić information content (AvgIpc) is 2.05. The number of aryl methyl sites for hydroxylation is 2. The standard InChI is InChI=1S/C9H10BrFO2S/c1-7-2-3-9(10)8(6-7)4-5-14(11,12)13/h2-3,6H,4-5H2,1H3. The minimum atomic E-state index is -4.37. The van der Waals surface area contributed by atoms with Gasteiger partial charge in [0.05, 0.1) is 5.75 Å². The van der Waals surface area contributed by atoms with Crippen molar-refractivity contribution in [2.75, 3.05) is 5.75 Å². The van der Waals surface area contributed by atoms with Gasteiger partial charge in [-0.2, -0.15) is 8.42 Å². The van der Waals surface area contributed by atoms with Gasteiger partial charge in [-0.25, -0.2) is 0 Å². The minimum Gasteiger partial charge on any atom is -0.195 e. The molecule has 0 heterocycles. The highest BCUT2D eigenvalue weighted by Gasteiger charge is 2.09. The molecule has 0 unspecified atom stereocenters. The highest BCUT2D eigenvalue weighted by Crippen LogP contribution is 2.19. The Bertz CT molecular complexity index is 428. The lowest BCUT2D eigenvalue weighted by Gasteiger charge is -2.03. The van der Waals surface area contributed by atoms with Crippen molar-refractivity contribution in [3.63, 3.8) is 0 Å². The van der Waals surface area contributed by atoms with E-state index in [2.05, 4.69) is 15.9 Å². The Kier molecular flexibility index (Phi) is 3.66. The van der Waals surface area contributed by atoms with Gasteiger partial charge in [0, 0.05) is 4.47 Å². The van der Waals surface area contributed by atoms with Crippen LogP contribution in [-0.2, 0) is 16.6 Å². The molecule has 0 aliphatic rings. The molecule has 0 saturated carbocycles. The maximum absolute atomic E-state index is 12.3. The van der Waals surface area contributed by atoms with Crippen LogP contribution in [0.1, 0.15) is 11.1 Å². The largest absolute Gasteiger partial charge is 0.302 e. The first-order chi connectivity index (χ1) is 6.38. The molecule has 78 valence electrons. The van der Waals surface area contributed by atoms with Crippen molar-refractivity contribution < 1.29 is 12.3 Å². The van der Waals surface area contributed by atoms with E-state index in [0.29, 0.717) is 0 Å². The minimum absolute atomic E-state index is 0.196. The van der Waals surface area contributed by atoms with Crippen LogP contribution in [0.15, 0.2) is 22.7 Å². The van der Waals surface area contributed by atoms with Crippen molar-refractivity contribution in [1.29, 1.82) is 0 Å². The molecule has 0 aliphatic carbocycles. The molecule has 0 saturated heterocycles. The smallest absolute Gasteiger partial charge is 0.195 e. The van der Waals surface area contributed by atoms with Crippen molar-refractivity contribution in [2.45, 2.75) is 13.3 Å². The molecule has 5 heteroatoms. The van der Waals surface area contributed by atoms with Gasteiger partial charge in [-0.15, -0.1) is 3.89 Å². The lowest BCUT2D eigenvalue weighted by molar-refractivity contribution is 0.551. The number of hydrogen-bond donors (Lipinski definition) is 0. The van der Waals surface area contributed by atoms with Crippen LogP contribution in [0.25, 0.3) is 0 Å². The molecule has 2 nitrogen and oxygen atoms in total. The number of benzene rings is 1. The van der Waals surface area contributed by atoms with E-state index in [4.69, 9.17) is 0 Å². The first kappa shape index (κ1) is 11.7. The molecule has 0 aromatic heterocycles. The highest BCUT2D eigenvalue weighted by atomic mass is 79.9. The third-order valence-corrected chi connectivity index (χ3v) is 3.28. The van der Waals surface area contributed by atoms with Crippen LogP contribution in [0.5, 0.6) is 0 Å². The molecule has 0 spiro atoms. The zero-order chi connectivity index (χ0) is 10.8. The monoisotopic (exact) mass is 280 g/mol. The van der Waals surface area contributed by atoms with Crippen LogP contribution >= 0.6 is 15.9 Å². The summed E-state index contributed by atoms with van der Waals surface area (Å²) in [5, 5.41) is 0. The molecule has 0 N–H and O–H groups in total. The maximum atomic E-state index is 12.3. The average molecular weight is 281 g/mol. The summed E-state index contributed by atoms with van der Waals surface area (Å²) in [5.41, 5.74) is 1.84. The van der Waals surface area contributed by atoms with Crippen LogP contribution in [0.4, 0.5) is 3.89 Å². The van der Waals surface area contributed by atoms with Crippen LogP contribution in [-0.4, -0.2) is 14.2 Å². The fourth-order valence-corrected chi connectivity index (χ4v) is 2.04. The van der Waals surface area contributed by atoms with Gasteiger partial charge in [-0.3, -0.25) is 0 Å². The Labute approximate surface area is 91.5 Å². The van der Waals surface area contributed by atoms with E-state index in [9.17, 15) is 12.3 Å². The van der Waals surface area contributed by atoms with E-state index in [1.165, 1.54) is 0 Å². The first-order valence-electron chi connectivity index (χ1n) is 4.06. The van der Waals surface area contributed by atoms with Gasteiger partial charge in [-0.05, 0) is 25.0 Å². The zero-order valence-corrected chi connectivity index (χ0v) is 10.0. The molecular weight excluding hydrogens is 271 g/mol. The van der Waals surface area contributed by atoms with Crippen molar-refractivity contribution in [2.24, 2.45) is 0 Å². The van der Waals surface area contributed by atoms with Crippen molar-refractivity contribution in [1.82, 2.24) is 0 Å². The molecule has 0 aliphatic heterocycles. The fourth-order valence-electron chi connectivity index (χ4n) is 1.13. The van der Waals surface area contributed by atoms with Crippen molar-refractivity contribution in [3.05, 3.63) is 33.8 Å². The van der Waals surface area contributed by atoms with Crippen molar-refractivity contribution in [3.8, 4) is 0 Å². The molecule has 1 rings (SSSR count). The summed E-state index contributed by atoms with van der Waals surface area (Å²) in [6.45, 7) is 1.90. The lowest BCUT2D eigenvalue weighted by atomic mass is 10.1. The van der Waals surface area contributed by atoms with E-state index in [1.807, 2.05) is 25.1 Å². The molecule has 0 atom stereocenters. The molecule has 1 aromatic rings. The number of halogens is 2. The third kappa shape index (κ3) is 3.75. The highest BCUT2D eigenvalue weighted by molar-refractivity contribution is 9.10. The van der Waals surface area contributed by atoms with Crippen LogP contribution in [0, 0.1) is 6.92 Å². The summed E-state index contributed by atoms with van der Waals surface area (Å²) in [7, 11) is -4.37. The van der Waals surface area contributed by atoms with E-state index < -0.39 is 16.0 Å². The van der Waals surface area contributed by atoms with Gasteiger partial charge in [0.1, 0.15) is 0 Å². The van der Waals surface area contributed by atoms with Gasteiger partial charge < -0.3 is 0 Å². The normalized spacial score (nSPS) is 11.6. The zero-order valence-electron chi connectivity index (χ0n) is 7.63. The predicted octanol–water partition coefficient (Wildman–Crippen LogP) is 2.60. The Morgan fingerprint density at radius 2 is 2.07 bits per heavy atom. The fraction of sp³-hybridized carbons (Fsp3) is 0.333. The second kappa shape index (κ2) is 4.40. The van der Waals surface area contributed by atoms with E-state index in [0.717, 1.165) is 15.6 Å². The summed E-state index contributed by atoms with van der Waals surface area (Å²) < 4.78 is 33.7. The predicted molar refractivity (Wildman–Crippen MR) is 57.5 cm³/mol. The molecule has 0 bridgehead atoms. The lowest BCUT2D eigenvalue weighted by Crippen LogP contribution is -2.02. The Morgan fingerprint density at radius 1 is 1.43 bits per heavy atom. The van der Waals surface area contributed by atoms with Crippen LogP contribution in [0.3, 0.4) is 0 Å². The summed E-state index contributed by atoms with van der Waals surface area (Å²) in [6, 6.07) is 5.57. The summed E-state index contributed by atoms with van der Waals surface area (Å²) in [5.74, 6) is -0.463. The molecule has 14 heavy (non-hydrogen) atoms. The van der Waals surface area contributed by atoms with Crippen LogP contribution < -0.4 is 0 Å². The van der Waals surface area contributed by atoms with E-state index in [-0.39, 0.29) is 6.42 Å². The molecule has 0 amide bonds. The second-order valence-electron chi connectivity index (χ2n) is 3.09. The van der Waals surface area contributed by atoms with Gasteiger partial charge in [0.25, 0.3) is 0 Å². The van der Waals surface area contributed by atoms with E-state index in [1.54, 1.807) is 0 Å². The quantitative estimate of drug-likeness (QED) is 0.798. The second-order valence-corrected chi connectivity index (χ2v) is 5.43. The summed E-state index contributed by atoms with van der Waals surface area (Å²) in [6.07, 6.45) is 0.196. The third-order valence-electron chi connectivity index (χ3n) is 1.82. The molecule has 0 fully saturated rings. The van der Waals surface area contributed by atoms with Gasteiger partial charge in [0.2, 0.25) is 0 Å².